The molecule has 0 fully saturated rings. The second kappa shape index (κ2) is 7.38. The lowest BCUT2D eigenvalue weighted by atomic mass is 9.99. The van der Waals surface area contributed by atoms with Gasteiger partial charge in [0.15, 0.2) is 17.3 Å². The monoisotopic (exact) mass is 381 g/mol. The number of ketones is 1. The number of ether oxygens (including phenoxy) is 2. The average molecular weight is 381 g/mol. The van der Waals surface area contributed by atoms with Gasteiger partial charge in [0.2, 0.25) is 0 Å². The van der Waals surface area contributed by atoms with E-state index in [-0.39, 0.29) is 30.1 Å². The van der Waals surface area contributed by atoms with Crippen LogP contribution in [0.4, 0.5) is 8.78 Å². The Morgan fingerprint density at radius 2 is 1.89 bits per heavy atom. The summed E-state index contributed by atoms with van der Waals surface area (Å²) in [6.45, 7) is 1.89. The van der Waals surface area contributed by atoms with Gasteiger partial charge in [0.05, 0.1) is 12.2 Å². The Kier molecular flexibility index (Phi) is 4.77. The number of benzene rings is 2. The van der Waals surface area contributed by atoms with Crippen molar-refractivity contribution in [1.29, 1.82) is 0 Å². The van der Waals surface area contributed by atoms with E-state index in [4.69, 9.17) is 9.47 Å². The third kappa shape index (κ3) is 3.33. The number of Topliss-reactive ketones (excluding diaryl/α,β-unsaturated/α-hetero) is 1. The van der Waals surface area contributed by atoms with Crippen LogP contribution >= 0.6 is 0 Å². The fourth-order valence-electron chi connectivity index (χ4n) is 3.31. The van der Waals surface area contributed by atoms with E-state index in [2.05, 4.69) is 4.98 Å². The van der Waals surface area contributed by atoms with Gasteiger partial charge in [-0.05, 0) is 48.4 Å². The van der Waals surface area contributed by atoms with Crippen LogP contribution in [-0.4, -0.2) is 17.4 Å². The molecule has 0 amide bonds. The highest BCUT2D eigenvalue weighted by atomic mass is 19.1. The maximum absolute atomic E-state index is 14.9. The van der Waals surface area contributed by atoms with Crippen molar-refractivity contribution in [3.8, 4) is 11.5 Å². The van der Waals surface area contributed by atoms with Crippen molar-refractivity contribution < 1.29 is 23.0 Å². The second-order valence-electron chi connectivity index (χ2n) is 6.54. The molecule has 2 aromatic carbocycles. The Morgan fingerprint density at radius 1 is 1.11 bits per heavy atom. The Morgan fingerprint density at radius 3 is 2.64 bits per heavy atom. The highest BCUT2D eigenvalue weighted by Gasteiger charge is 2.27. The van der Waals surface area contributed by atoms with Crippen LogP contribution in [0.1, 0.15) is 39.6 Å². The lowest BCUT2D eigenvalue weighted by Gasteiger charge is -2.25. The molecule has 4 nitrogen and oxygen atoms in total. The molecule has 0 aliphatic carbocycles. The van der Waals surface area contributed by atoms with Gasteiger partial charge in [-0.25, -0.2) is 8.78 Å². The van der Waals surface area contributed by atoms with Gasteiger partial charge in [0, 0.05) is 24.4 Å². The first-order valence-corrected chi connectivity index (χ1v) is 8.85. The molecule has 0 saturated heterocycles. The predicted molar refractivity (Wildman–Crippen MR) is 98.7 cm³/mol. The quantitative estimate of drug-likeness (QED) is 0.651. The zero-order valence-corrected chi connectivity index (χ0v) is 15.1. The fraction of sp³-hybridized carbons (Fsp3) is 0.182. The minimum atomic E-state index is -0.760. The number of hydrogen-bond acceptors (Lipinski definition) is 4. The summed E-state index contributed by atoms with van der Waals surface area (Å²) in [5, 5.41) is 0. The highest BCUT2D eigenvalue weighted by molar-refractivity contribution is 6.00. The van der Waals surface area contributed by atoms with E-state index in [1.54, 1.807) is 43.6 Å². The van der Waals surface area contributed by atoms with E-state index < -0.39 is 17.7 Å². The van der Waals surface area contributed by atoms with E-state index in [0.29, 0.717) is 22.4 Å². The van der Waals surface area contributed by atoms with Crippen molar-refractivity contribution in [2.75, 3.05) is 6.61 Å². The SMILES string of the molecule is Cc1c(O[C@H](c2ccncc2)c2cccc(F)c2)c(F)cc2c1OCCC2=O. The number of halogens is 2. The summed E-state index contributed by atoms with van der Waals surface area (Å²) in [6, 6.07) is 10.5. The standard InChI is InChI=1S/C22H17F2NO3/c1-13-20-17(19(26)7-10-27-20)12-18(24)21(13)28-22(14-5-8-25-9-6-14)15-3-2-4-16(23)11-15/h2-6,8-9,11-12,22H,7,10H2,1H3/t22-/m1/s1. The number of pyridine rings is 1. The number of rotatable bonds is 4. The van der Waals surface area contributed by atoms with Gasteiger partial charge in [-0.3, -0.25) is 9.78 Å². The third-order valence-electron chi connectivity index (χ3n) is 4.69. The van der Waals surface area contributed by atoms with E-state index in [0.717, 1.165) is 6.07 Å². The highest BCUT2D eigenvalue weighted by Crippen LogP contribution is 2.40. The molecule has 2 heterocycles. The van der Waals surface area contributed by atoms with Crippen LogP contribution in [-0.2, 0) is 0 Å². The first kappa shape index (κ1) is 18.1. The Hall–Kier alpha value is -3.28. The molecule has 0 spiro atoms. The first-order chi connectivity index (χ1) is 13.5. The minimum Gasteiger partial charge on any atom is -0.492 e. The number of fused-ring (bicyclic) bond motifs is 1. The number of hydrogen-bond donors (Lipinski definition) is 0. The van der Waals surface area contributed by atoms with Gasteiger partial charge in [-0.15, -0.1) is 0 Å². The summed E-state index contributed by atoms with van der Waals surface area (Å²) in [4.78, 5) is 16.1. The van der Waals surface area contributed by atoms with Crippen molar-refractivity contribution >= 4 is 5.78 Å². The Labute approximate surface area is 160 Å². The van der Waals surface area contributed by atoms with Crippen molar-refractivity contribution in [3.05, 3.63) is 88.7 Å². The van der Waals surface area contributed by atoms with Crippen molar-refractivity contribution in [1.82, 2.24) is 4.98 Å². The van der Waals surface area contributed by atoms with Crippen LogP contribution in [0.25, 0.3) is 0 Å². The molecule has 1 atom stereocenters. The lowest BCUT2D eigenvalue weighted by Crippen LogP contribution is -2.18. The van der Waals surface area contributed by atoms with Gasteiger partial charge in [0.1, 0.15) is 17.7 Å². The molecule has 0 radical (unpaired) electrons. The van der Waals surface area contributed by atoms with E-state index in [9.17, 15) is 13.6 Å². The second-order valence-corrected chi connectivity index (χ2v) is 6.54. The molecule has 0 saturated carbocycles. The minimum absolute atomic E-state index is 0.0282. The number of aromatic nitrogens is 1. The summed E-state index contributed by atoms with van der Waals surface area (Å²) >= 11 is 0. The predicted octanol–water partition coefficient (Wildman–Crippen LogP) is 4.80. The summed E-state index contributed by atoms with van der Waals surface area (Å²) in [6.07, 6.45) is 2.63. The van der Waals surface area contributed by atoms with Crippen LogP contribution in [0.15, 0.2) is 54.9 Å². The smallest absolute Gasteiger partial charge is 0.170 e. The van der Waals surface area contributed by atoms with Crippen LogP contribution in [0.5, 0.6) is 11.5 Å². The summed E-state index contributed by atoms with van der Waals surface area (Å²) < 4.78 is 40.3. The number of nitrogens with zero attached hydrogens (tertiary/aromatic N) is 1. The number of carbonyl (C=O) groups excluding carboxylic acids is 1. The van der Waals surface area contributed by atoms with Crippen molar-refractivity contribution in [2.24, 2.45) is 0 Å². The Bertz CT molecular complexity index is 1040. The first-order valence-electron chi connectivity index (χ1n) is 8.85. The van der Waals surface area contributed by atoms with Gasteiger partial charge >= 0.3 is 0 Å². The van der Waals surface area contributed by atoms with E-state index in [1.807, 2.05) is 0 Å². The molecule has 1 aromatic heterocycles. The summed E-state index contributed by atoms with van der Waals surface area (Å²) in [5.74, 6) is -0.937. The molecule has 1 aliphatic heterocycles. The van der Waals surface area contributed by atoms with E-state index in [1.165, 1.54) is 12.1 Å². The maximum Gasteiger partial charge on any atom is 0.170 e. The largest absolute Gasteiger partial charge is 0.492 e. The van der Waals surface area contributed by atoms with E-state index >= 15 is 0 Å². The maximum atomic E-state index is 14.9. The summed E-state index contributed by atoms with van der Waals surface area (Å²) in [5.41, 5.74) is 1.84. The van der Waals surface area contributed by atoms with Crippen molar-refractivity contribution in [3.63, 3.8) is 0 Å². The molecule has 4 rings (SSSR count). The molecule has 0 N–H and O–H groups in total. The molecule has 28 heavy (non-hydrogen) atoms. The van der Waals surface area contributed by atoms with Gasteiger partial charge < -0.3 is 9.47 Å². The molecular weight excluding hydrogens is 364 g/mol. The average Bonchev–Trinajstić information content (AvgIpc) is 2.70. The van der Waals surface area contributed by atoms with Crippen LogP contribution in [0.3, 0.4) is 0 Å². The lowest BCUT2D eigenvalue weighted by molar-refractivity contribution is 0.0931. The molecule has 0 unspecified atom stereocenters. The Balaban J connectivity index is 1.81. The summed E-state index contributed by atoms with van der Waals surface area (Å²) in [7, 11) is 0. The normalized spacial score (nSPS) is 14.2. The van der Waals surface area contributed by atoms with Gasteiger partial charge in [-0.1, -0.05) is 12.1 Å². The molecule has 142 valence electrons. The molecule has 0 bridgehead atoms. The topological polar surface area (TPSA) is 48.4 Å². The zero-order chi connectivity index (χ0) is 19.7. The van der Waals surface area contributed by atoms with Crippen LogP contribution in [0.2, 0.25) is 0 Å². The van der Waals surface area contributed by atoms with Gasteiger partial charge in [-0.2, -0.15) is 0 Å². The van der Waals surface area contributed by atoms with Crippen LogP contribution < -0.4 is 9.47 Å². The number of carbonyl (C=O) groups is 1. The molecule has 6 heteroatoms. The third-order valence-corrected chi connectivity index (χ3v) is 4.69. The fourth-order valence-corrected chi connectivity index (χ4v) is 3.31. The van der Waals surface area contributed by atoms with Gasteiger partial charge in [0.25, 0.3) is 0 Å². The molecule has 1 aliphatic rings. The van der Waals surface area contributed by atoms with Crippen LogP contribution in [0, 0.1) is 18.6 Å². The molecular formula is C22H17F2NO3. The zero-order valence-electron chi connectivity index (χ0n) is 15.1. The molecule has 3 aromatic rings. The van der Waals surface area contributed by atoms with Crippen molar-refractivity contribution in [2.45, 2.75) is 19.4 Å².